The summed E-state index contributed by atoms with van der Waals surface area (Å²) in [4.78, 5) is 25.2. The van der Waals surface area contributed by atoms with Crippen molar-refractivity contribution in [1.29, 1.82) is 0 Å². The lowest BCUT2D eigenvalue weighted by atomic mass is 10.2. The largest absolute Gasteiger partial charge is 0.356 e. The van der Waals surface area contributed by atoms with E-state index in [-0.39, 0.29) is 30.3 Å². The van der Waals surface area contributed by atoms with Crippen LogP contribution < -0.4 is 11.1 Å². The first kappa shape index (κ1) is 21.9. The van der Waals surface area contributed by atoms with Gasteiger partial charge in [0.15, 0.2) is 0 Å². The number of benzene rings is 1. The van der Waals surface area contributed by atoms with Crippen molar-refractivity contribution in [3.8, 4) is 0 Å². The van der Waals surface area contributed by atoms with Gasteiger partial charge in [0, 0.05) is 43.5 Å². The van der Waals surface area contributed by atoms with Gasteiger partial charge in [-0.2, -0.15) is 0 Å². The lowest BCUT2D eigenvalue weighted by Gasteiger charge is -2.18. The summed E-state index contributed by atoms with van der Waals surface area (Å²) in [7, 11) is 1.76. The van der Waals surface area contributed by atoms with E-state index in [0.29, 0.717) is 32.4 Å². The maximum atomic E-state index is 12.0. The molecule has 0 heterocycles. The van der Waals surface area contributed by atoms with E-state index >= 15 is 0 Å². The third-order valence-corrected chi connectivity index (χ3v) is 4.05. The Morgan fingerprint density at radius 1 is 1.30 bits per heavy atom. The fourth-order valence-electron chi connectivity index (χ4n) is 1.92. The van der Waals surface area contributed by atoms with Gasteiger partial charge in [-0.15, -0.1) is 12.4 Å². The third-order valence-electron chi connectivity index (χ3n) is 3.28. The summed E-state index contributed by atoms with van der Waals surface area (Å²) < 4.78 is 0.985. The van der Waals surface area contributed by atoms with E-state index < -0.39 is 0 Å². The lowest BCUT2D eigenvalue weighted by Crippen LogP contribution is -2.32. The third kappa shape index (κ3) is 8.93. The number of hydrogen-bond donors (Lipinski definition) is 2. The summed E-state index contributed by atoms with van der Waals surface area (Å²) in [6, 6.07) is 7.82. The van der Waals surface area contributed by atoms with Gasteiger partial charge >= 0.3 is 0 Å². The molecule has 0 aliphatic carbocycles. The number of carbonyl (C=O) groups is 2. The molecule has 0 bridgehead atoms. The van der Waals surface area contributed by atoms with Gasteiger partial charge in [-0.1, -0.05) is 34.1 Å². The molecule has 23 heavy (non-hydrogen) atoms. The van der Waals surface area contributed by atoms with Gasteiger partial charge in [0.25, 0.3) is 0 Å². The van der Waals surface area contributed by atoms with E-state index in [1.165, 1.54) is 0 Å². The van der Waals surface area contributed by atoms with Gasteiger partial charge in [-0.3, -0.25) is 9.59 Å². The number of rotatable bonds is 8. The summed E-state index contributed by atoms with van der Waals surface area (Å²) in [5, 5.41) is 2.75. The highest BCUT2D eigenvalue weighted by molar-refractivity contribution is 9.10. The number of nitrogens with zero attached hydrogens (tertiary/aromatic N) is 1. The second-order valence-electron chi connectivity index (χ2n) is 5.46. The van der Waals surface area contributed by atoms with Crippen LogP contribution in [0.1, 0.15) is 31.7 Å². The number of carbonyl (C=O) groups excluding carboxylic acids is 2. The zero-order valence-electron chi connectivity index (χ0n) is 13.5. The molecule has 1 rings (SSSR count). The quantitative estimate of drug-likeness (QED) is 0.696. The second kappa shape index (κ2) is 11.4. The lowest BCUT2D eigenvalue weighted by molar-refractivity contribution is -0.130. The molecule has 130 valence electrons. The van der Waals surface area contributed by atoms with Gasteiger partial charge in [0.05, 0.1) is 0 Å². The second-order valence-corrected chi connectivity index (χ2v) is 6.31. The normalized spacial score (nSPS) is 11.3. The van der Waals surface area contributed by atoms with Crippen molar-refractivity contribution in [2.24, 2.45) is 5.73 Å². The van der Waals surface area contributed by atoms with Gasteiger partial charge in [0.2, 0.25) is 11.8 Å². The smallest absolute Gasteiger partial charge is 0.224 e. The number of nitrogens with one attached hydrogen (secondary N) is 1. The van der Waals surface area contributed by atoms with Crippen LogP contribution in [0.4, 0.5) is 0 Å². The highest BCUT2D eigenvalue weighted by Crippen LogP contribution is 2.17. The predicted octanol–water partition coefficient (Wildman–Crippen LogP) is 2.46. The Bertz CT molecular complexity index is 512. The standard InChI is InChI=1S/C16H24BrN3O2.ClH/c1-12(18)7-8-15(21)19-10-9-16(22)20(2)11-13-5-3-4-6-14(13)17;/h3-6,12H,7-11,18H2,1-2H3,(H,19,21);1H. The topological polar surface area (TPSA) is 75.4 Å². The molecule has 0 saturated heterocycles. The Labute approximate surface area is 152 Å². The van der Waals surface area contributed by atoms with Crippen molar-refractivity contribution in [1.82, 2.24) is 10.2 Å². The molecule has 2 amide bonds. The van der Waals surface area contributed by atoms with E-state index in [1.807, 2.05) is 31.2 Å². The van der Waals surface area contributed by atoms with E-state index in [0.717, 1.165) is 10.0 Å². The van der Waals surface area contributed by atoms with Crippen LogP contribution in [0.2, 0.25) is 0 Å². The van der Waals surface area contributed by atoms with Crippen LogP contribution in [0, 0.1) is 0 Å². The monoisotopic (exact) mass is 405 g/mol. The van der Waals surface area contributed by atoms with Crippen LogP contribution in [0.15, 0.2) is 28.7 Å². The van der Waals surface area contributed by atoms with Crippen molar-refractivity contribution < 1.29 is 9.59 Å². The van der Waals surface area contributed by atoms with Crippen LogP contribution in [0.25, 0.3) is 0 Å². The first-order valence-corrected chi connectivity index (χ1v) is 8.19. The maximum Gasteiger partial charge on any atom is 0.224 e. The summed E-state index contributed by atoms with van der Waals surface area (Å²) >= 11 is 3.47. The highest BCUT2D eigenvalue weighted by atomic mass is 79.9. The molecule has 0 saturated carbocycles. The van der Waals surface area contributed by atoms with Crippen molar-refractivity contribution in [2.75, 3.05) is 13.6 Å². The molecule has 1 aromatic rings. The molecule has 3 N–H and O–H groups in total. The number of amides is 2. The van der Waals surface area contributed by atoms with Gasteiger partial charge in [0.1, 0.15) is 0 Å². The van der Waals surface area contributed by atoms with Gasteiger partial charge in [-0.05, 0) is 25.0 Å². The Hall–Kier alpha value is -1.11. The Kier molecular flexibility index (Phi) is 10.9. The van der Waals surface area contributed by atoms with Gasteiger partial charge in [-0.25, -0.2) is 0 Å². The SMILES string of the molecule is CC(N)CCC(=O)NCCC(=O)N(C)Cc1ccccc1Br.Cl. The molecule has 0 aromatic heterocycles. The fraction of sp³-hybridized carbons (Fsp3) is 0.500. The first-order valence-electron chi connectivity index (χ1n) is 7.39. The van der Waals surface area contributed by atoms with Crippen molar-refractivity contribution in [3.05, 3.63) is 34.3 Å². The van der Waals surface area contributed by atoms with E-state index in [9.17, 15) is 9.59 Å². The van der Waals surface area contributed by atoms with E-state index in [2.05, 4.69) is 21.2 Å². The average molecular weight is 407 g/mol. The van der Waals surface area contributed by atoms with Crippen molar-refractivity contribution >= 4 is 40.2 Å². The van der Waals surface area contributed by atoms with Crippen LogP contribution in [0.3, 0.4) is 0 Å². The van der Waals surface area contributed by atoms with Crippen molar-refractivity contribution in [2.45, 2.75) is 38.8 Å². The molecule has 1 atom stereocenters. The molecule has 0 aliphatic rings. The number of hydrogen-bond acceptors (Lipinski definition) is 3. The molecule has 1 aromatic carbocycles. The zero-order chi connectivity index (χ0) is 16.5. The molecule has 5 nitrogen and oxygen atoms in total. The molecular weight excluding hydrogens is 382 g/mol. The van der Waals surface area contributed by atoms with Crippen LogP contribution >= 0.6 is 28.3 Å². The minimum absolute atomic E-state index is 0. The molecular formula is C16H25BrClN3O2. The molecule has 0 radical (unpaired) electrons. The molecule has 1 unspecified atom stereocenters. The summed E-state index contributed by atoms with van der Waals surface area (Å²) in [6.45, 7) is 2.77. The highest BCUT2D eigenvalue weighted by Gasteiger charge is 2.11. The van der Waals surface area contributed by atoms with E-state index in [1.54, 1.807) is 11.9 Å². The number of halogens is 2. The van der Waals surface area contributed by atoms with E-state index in [4.69, 9.17) is 5.73 Å². The van der Waals surface area contributed by atoms with Crippen LogP contribution in [0.5, 0.6) is 0 Å². The summed E-state index contributed by atoms with van der Waals surface area (Å²) in [6.07, 6.45) is 1.35. The zero-order valence-corrected chi connectivity index (χ0v) is 16.0. The fourth-order valence-corrected chi connectivity index (χ4v) is 2.33. The Morgan fingerprint density at radius 3 is 2.57 bits per heavy atom. The first-order chi connectivity index (χ1) is 10.4. The average Bonchev–Trinajstić information content (AvgIpc) is 2.47. The minimum atomic E-state index is -0.0569. The molecule has 7 heteroatoms. The van der Waals surface area contributed by atoms with Crippen molar-refractivity contribution in [3.63, 3.8) is 0 Å². The predicted molar refractivity (Wildman–Crippen MR) is 98.4 cm³/mol. The summed E-state index contributed by atoms with van der Waals surface area (Å²) in [5.74, 6) is -0.0539. The number of nitrogens with two attached hydrogens (primary N) is 1. The maximum absolute atomic E-state index is 12.0. The molecule has 0 fully saturated rings. The molecule has 0 aliphatic heterocycles. The molecule has 0 spiro atoms. The Morgan fingerprint density at radius 2 is 1.96 bits per heavy atom. The van der Waals surface area contributed by atoms with Crippen LogP contribution in [-0.4, -0.2) is 36.3 Å². The minimum Gasteiger partial charge on any atom is -0.356 e. The Balaban J connectivity index is 0.00000484. The van der Waals surface area contributed by atoms with Gasteiger partial charge < -0.3 is 16.0 Å². The van der Waals surface area contributed by atoms with Crippen LogP contribution in [-0.2, 0) is 16.1 Å². The summed E-state index contributed by atoms with van der Waals surface area (Å²) in [5.41, 5.74) is 6.65.